The lowest BCUT2D eigenvalue weighted by molar-refractivity contribution is -0.0511. The summed E-state index contributed by atoms with van der Waals surface area (Å²) in [6, 6.07) is 3.63. The Labute approximate surface area is 141 Å². The van der Waals surface area contributed by atoms with E-state index in [-0.39, 0.29) is 0 Å². The van der Waals surface area contributed by atoms with Crippen LogP contribution in [0.5, 0.6) is 0 Å². The van der Waals surface area contributed by atoms with Crippen molar-refractivity contribution in [3.63, 3.8) is 0 Å². The highest BCUT2D eigenvalue weighted by molar-refractivity contribution is 5.82. The Hall–Kier alpha value is -2.53. The zero-order valence-electron chi connectivity index (χ0n) is 13.1. The van der Waals surface area contributed by atoms with Crippen LogP contribution >= 0.6 is 0 Å². The maximum atomic E-state index is 10.2. The molecule has 4 heterocycles. The molecule has 0 bridgehead atoms. The summed E-state index contributed by atoms with van der Waals surface area (Å²) >= 11 is 0. The quantitative estimate of drug-likeness (QED) is 0.487. The van der Waals surface area contributed by atoms with E-state index < -0.39 is 31.1 Å². The molecule has 3 aromatic heterocycles. The van der Waals surface area contributed by atoms with Crippen LogP contribution in [0.3, 0.4) is 0 Å². The molecule has 1 aliphatic heterocycles. The lowest BCUT2D eigenvalue weighted by atomic mass is 10.1. The Bertz CT molecular complexity index is 851. The number of aliphatic hydroxyl groups is 3. The molecule has 0 aliphatic carbocycles. The second-order valence-electron chi connectivity index (χ2n) is 5.71. The maximum Gasteiger partial charge on any atom is 0.167 e. The standard InChI is InChI=1S/C15H17N5O5/c21-5-9-11(22)12(23)15(25-9)20-7-19-10-13(17-6-18-14(10)20)16-4-8-2-1-3-24-8/h1-3,6-7,9,11-12,15,21-23H,4-5H2,(H,16,17,18)/t9-,11+,12?,15-/m1/s1. The molecule has 132 valence electrons. The zero-order valence-corrected chi connectivity index (χ0v) is 13.1. The number of nitrogens with zero attached hydrogens (tertiary/aromatic N) is 4. The third kappa shape index (κ3) is 2.74. The molecule has 0 amide bonds. The first kappa shape index (κ1) is 16.0. The fourth-order valence-electron chi connectivity index (χ4n) is 2.86. The van der Waals surface area contributed by atoms with Gasteiger partial charge in [0.1, 0.15) is 30.4 Å². The van der Waals surface area contributed by atoms with Crippen molar-refractivity contribution in [2.24, 2.45) is 0 Å². The summed E-state index contributed by atoms with van der Waals surface area (Å²) < 4.78 is 12.3. The fraction of sp³-hybridized carbons (Fsp3) is 0.400. The minimum absolute atomic E-state index is 0.397. The summed E-state index contributed by atoms with van der Waals surface area (Å²) in [6.07, 6.45) is 0.253. The third-order valence-corrected chi connectivity index (χ3v) is 4.16. The Morgan fingerprint density at radius 2 is 2.08 bits per heavy atom. The number of hydrogen-bond donors (Lipinski definition) is 4. The summed E-state index contributed by atoms with van der Waals surface area (Å²) in [4.78, 5) is 12.7. The third-order valence-electron chi connectivity index (χ3n) is 4.16. The van der Waals surface area contributed by atoms with E-state index in [1.165, 1.54) is 17.2 Å². The van der Waals surface area contributed by atoms with Gasteiger partial charge in [-0.1, -0.05) is 0 Å². The van der Waals surface area contributed by atoms with Gasteiger partial charge in [0.2, 0.25) is 0 Å². The number of rotatable bonds is 5. The van der Waals surface area contributed by atoms with Crippen LogP contribution in [-0.4, -0.2) is 59.8 Å². The monoisotopic (exact) mass is 347 g/mol. The van der Waals surface area contributed by atoms with Crippen molar-refractivity contribution in [2.75, 3.05) is 11.9 Å². The zero-order chi connectivity index (χ0) is 17.4. The highest BCUT2D eigenvalue weighted by Crippen LogP contribution is 2.32. The molecule has 0 radical (unpaired) electrons. The molecule has 3 aromatic rings. The predicted molar refractivity (Wildman–Crippen MR) is 84.4 cm³/mol. The van der Waals surface area contributed by atoms with E-state index in [4.69, 9.17) is 9.15 Å². The Balaban J connectivity index is 1.63. The van der Waals surface area contributed by atoms with Crippen molar-refractivity contribution in [3.8, 4) is 0 Å². The van der Waals surface area contributed by atoms with Gasteiger partial charge in [-0.25, -0.2) is 15.0 Å². The summed E-state index contributed by atoms with van der Waals surface area (Å²) in [6.45, 7) is 0.0338. The van der Waals surface area contributed by atoms with Gasteiger partial charge in [-0.2, -0.15) is 0 Å². The normalized spacial score (nSPS) is 26.4. The van der Waals surface area contributed by atoms with Gasteiger partial charge >= 0.3 is 0 Å². The number of imidazole rings is 1. The van der Waals surface area contributed by atoms with E-state index in [0.29, 0.717) is 23.5 Å². The second-order valence-corrected chi connectivity index (χ2v) is 5.71. The first-order valence-corrected chi connectivity index (χ1v) is 7.75. The summed E-state index contributed by atoms with van der Waals surface area (Å²) in [5.41, 5.74) is 0.929. The average Bonchev–Trinajstić information content (AvgIpc) is 3.34. The van der Waals surface area contributed by atoms with Gasteiger partial charge < -0.3 is 29.8 Å². The minimum Gasteiger partial charge on any atom is -0.467 e. The smallest absolute Gasteiger partial charge is 0.167 e. The second kappa shape index (κ2) is 6.41. The van der Waals surface area contributed by atoms with Crippen molar-refractivity contribution in [1.82, 2.24) is 19.5 Å². The number of anilines is 1. The van der Waals surface area contributed by atoms with Crippen LogP contribution in [-0.2, 0) is 11.3 Å². The number of fused-ring (bicyclic) bond motifs is 1. The van der Waals surface area contributed by atoms with Gasteiger partial charge in [0.05, 0.1) is 25.7 Å². The molecule has 1 aliphatic rings. The molecule has 4 N–H and O–H groups in total. The van der Waals surface area contributed by atoms with Crippen LogP contribution in [0.15, 0.2) is 35.5 Å². The Morgan fingerprint density at radius 1 is 1.20 bits per heavy atom. The molecule has 10 nitrogen and oxygen atoms in total. The van der Waals surface area contributed by atoms with Gasteiger partial charge in [0.15, 0.2) is 23.2 Å². The van der Waals surface area contributed by atoms with Crippen molar-refractivity contribution < 1.29 is 24.5 Å². The summed E-state index contributed by atoms with van der Waals surface area (Å²) in [7, 11) is 0. The molecular formula is C15H17N5O5. The van der Waals surface area contributed by atoms with Gasteiger partial charge in [-0.15, -0.1) is 0 Å². The van der Waals surface area contributed by atoms with Crippen LogP contribution in [0.25, 0.3) is 11.2 Å². The van der Waals surface area contributed by atoms with Crippen molar-refractivity contribution in [2.45, 2.75) is 31.1 Å². The number of ether oxygens (including phenoxy) is 1. The van der Waals surface area contributed by atoms with Crippen molar-refractivity contribution in [3.05, 3.63) is 36.8 Å². The molecule has 1 fully saturated rings. The van der Waals surface area contributed by atoms with E-state index in [1.54, 1.807) is 12.3 Å². The van der Waals surface area contributed by atoms with E-state index >= 15 is 0 Å². The largest absolute Gasteiger partial charge is 0.467 e. The van der Waals surface area contributed by atoms with Crippen molar-refractivity contribution >= 4 is 17.0 Å². The summed E-state index contributed by atoms with van der Waals surface area (Å²) in [5, 5.41) is 32.4. The Kier molecular flexibility index (Phi) is 4.09. The fourth-order valence-corrected chi connectivity index (χ4v) is 2.86. The maximum absolute atomic E-state index is 10.2. The van der Waals surface area contributed by atoms with E-state index in [0.717, 1.165) is 5.76 Å². The highest BCUT2D eigenvalue weighted by Gasteiger charge is 2.44. The van der Waals surface area contributed by atoms with Crippen LogP contribution in [0.1, 0.15) is 12.0 Å². The average molecular weight is 347 g/mol. The molecular weight excluding hydrogens is 330 g/mol. The topological polar surface area (TPSA) is 139 Å². The SMILES string of the molecule is OC[C@H]1O[C@@H](n2cnc3c(NCc4ccco4)ncnc32)C(O)[C@H]1O. The number of hydrogen-bond acceptors (Lipinski definition) is 9. The van der Waals surface area contributed by atoms with E-state index in [9.17, 15) is 15.3 Å². The molecule has 10 heteroatoms. The predicted octanol–water partition coefficient (Wildman–Crippen LogP) is -0.357. The molecule has 0 spiro atoms. The first-order chi connectivity index (χ1) is 12.2. The van der Waals surface area contributed by atoms with Crippen molar-refractivity contribution in [1.29, 1.82) is 0 Å². The molecule has 1 saturated heterocycles. The molecule has 25 heavy (non-hydrogen) atoms. The molecule has 4 rings (SSSR count). The van der Waals surface area contributed by atoms with Crippen LogP contribution in [0.4, 0.5) is 5.82 Å². The lowest BCUT2D eigenvalue weighted by Crippen LogP contribution is -2.33. The van der Waals surface area contributed by atoms with Gasteiger partial charge in [0.25, 0.3) is 0 Å². The summed E-state index contributed by atoms with van der Waals surface area (Å²) in [5.74, 6) is 1.25. The van der Waals surface area contributed by atoms with Gasteiger partial charge in [-0.05, 0) is 12.1 Å². The first-order valence-electron chi connectivity index (χ1n) is 7.75. The molecule has 0 aromatic carbocycles. The van der Waals surface area contributed by atoms with E-state index in [1.807, 2.05) is 6.07 Å². The number of nitrogens with one attached hydrogen (secondary N) is 1. The van der Waals surface area contributed by atoms with Crippen LogP contribution < -0.4 is 5.32 Å². The number of aromatic nitrogens is 4. The molecule has 4 atom stereocenters. The molecule has 1 unspecified atom stereocenters. The van der Waals surface area contributed by atoms with Crippen LogP contribution in [0, 0.1) is 0 Å². The minimum atomic E-state index is -1.20. The number of aliphatic hydroxyl groups excluding tert-OH is 3. The lowest BCUT2D eigenvalue weighted by Gasteiger charge is -2.16. The van der Waals surface area contributed by atoms with Gasteiger partial charge in [0, 0.05) is 0 Å². The molecule has 0 saturated carbocycles. The highest BCUT2D eigenvalue weighted by atomic mass is 16.6. The van der Waals surface area contributed by atoms with Gasteiger partial charge in [-0.3, -0.25) is 4.57 Å². The Morgan fingerprint density at radius 3 is 2.80 bits per heavy atom. The number of furan rings is 1. The van der Waals surface area contributed by atoms with E-state index in [2.05, 4.69) is 20.3 Å². The van der Waals surface area contributed by atoms with Crippen LogP contribution in [0.2, 0.25) is 0 Å².